The predicted molar refractivity (Wildman–Crippen MR) is 71.6 cm³/mol. The van der Waals surface area contributed by atoms with Gasteiger partial charge in [0.2, 0.25) is 0 Å². The zero-order chi connectivity index (χ0) is 11.5. The highest BCUT2D eigenvalue weighted by atomic mass is 79.9. The highest BCUT2D eigenvalue weighted by Gasteiger charge is 2.11. The van der Waals surface area contributed by atoms with Gasteiger partial charge in [0.15, 0.2) is 0 Å². The molecule has 2 aromatic heterocycles. The van der Waals surface area contributed by atoms with Gasteiger partial charge in [-0.05, 0) is 46.6 Å². The fourth-order valence-electron chi connectivity index (χ4n) is 1.68. The molecule has 1 unspecified atom stereocenters. The molecule has 2 rings (SSSR count). The lowest BCUT2D eigenvalue weighted by Crippen LogP contribution is -2.14. The summed E-state index contributed by atoms with van der Waals surface area (Å²) in [6.07, 6.45) is 2.66. The molecule has 2 aromatic rings. The molecule has 4 heteroatoms. The first kappa shape index (κ1) is 11.8. The molecule has 0 bridgehead atoms. The van der Waals surface area contributed by atoms with Gasteiger partial charge < -0.3 is 5.73 Å². The number of nitrogens with two attached hydrogens (primary N) is 1. The van der Waals surface area contributed by atoms with Gasteiger partial charge in [0.05, 0.1) is 3.79 Å². The lowest BCUT2D eigenvalue weighted by atomic mass is 10.0. The van der Waals surface area contributed by atoms with Crippen molar-refractivity contribution < 1.29 is 0 Å². The molecular formula is C12H13BrN2S. The molecule has 0 radical (unpaired) electrons. The molecule has 2 N–H and O–H groups in total. The molecule has 0 aliphatic rings. The maximum Gasteiger partial charge on any atom is 0.0701 e. The highest BCUT2D eigenvalue weighted by Crippen LogP contribution is 2.26. The van der Waals surface area contributed by atoms with Crippen LogP contribution in [0.1, 0.15) is 22.2 Å². The molecule has 0 saturated heterocycles. The van der Waals surface area contributed by atoms with Gasteiger partial charge >= 0.3 is 0 Å². The average Bonchev–Trinajstić information content (AvgIpc) is 2.64. The van der Waals surface area contributed by atoms with Crippen LogP contribution in [0, 0.1) is 6.92 Å². The second-order valence-electron chi connectivity index (χ2n) is 3.69. The van der Waals surface area contributed by atoms with Gasteiger partial charge in [-0.25, -0.2) is 0 Å². The van der Waals surface area contributed by atoms with Gasteiger partial charge in [-0.15, -0.1) is 11.3 Å². The Labute approximate surface area is 108 Å². The number of halogens is 1. The number of pyridine rings is 1. The molecule has 0 aromatic carbocycles. The second kappa shape index (κ2) is 5.08. The van der Waals surface area contributed by atoms with E-state index in [4.69, 9.17) is 5.73 Å². The number of aryl methyl sites for hydroxylation is 1. The summed E-state index contributed by atoms with van der Waals surface area (Å²) in [5, 5.41) is 0. The van der Waals surface area contributed by atoms with Crippen LogP contribution in [0.4, 0.5) is 0 Å². The van der Waals surface area contributed by atoms with E-state index in [-0.39, 0.29) is 6.04 Å². The molecule has 84 valence electrons. The van der Waals surface area contributed by atoms with Crippen LogP contribution in [-0.2, 0) is 6.42 Å². The standard InChI is InChI=1S/C12H13BrN2S/c1-8-10(3-2-6-15-8)11(14)7-9-4-5-12(13)16-9/h2-6,11H,7,14H2,1H3. The van der Waals surface area contributed by atoms with Crippen molar-refractivity contribution in [2.45, 2.75) is 19.4 Å². The fraction of sp³-hybridized carbons (Fsp3) is 0.250. The van der Waals surface area contributed by atoms with E-state index in [2.05, 4.69) is 39.1 Å². The number of hydrogen-bond donors (Lipinski definition) is 1. The SMILES string of the molecule is Cc1ncccc1C(N)Cc1ccc(Br)s1. The predicted octanol–water partition coefficient (Wildman–Crippen LogP) is 3.46. The van der Waals surface area contributed by atoms with Crippen LogP contribution in [0.3, 0.4) is 0 Å². The minimum absolute atomic E-state index is 0.0271. The van der Waals surface area contributed by atoms with Crippen LogP contribution in [-0.4, -0.2) is 4.98 Å². The summed E-state index contributed by atoms with van der Waals surface area (Å²) in [6.45, 7) is 2.00. The Kier molecular flexibility index (Phi) is 3.74. The molecule has 0 aliphatic heterocycles. The van der Waals surface area contributed by atoms with E-state index in [0.29, 0.717) is 0 Å². The second-order valence-corrected chi connectivity index (χ2v) is 6.24. The van der Waals surface area contributed by atoms with Crippen molar-refractivity contribution >= 4 is 27.3 Å². The van der Waals surface area contributed by atoms with Crippen molar-refractivity contribution in [1.29, 1.82) is 0 Å². The summed E-state index contributed by atoms with van der Waals surface area (Å²) in [5.41, 5.74) is 8.34. The van der Waals surface area contributed by atoms with E-state index in [1.54, 1.807) is 17.5 Å². The van der Waals surface area contributed by atoms with E-state index >= 15 is 0 Å². The van der Waals surface area contributed by atoms with Crippen LogP contribution in [0.2, 0.25) is 0 Å². The van der Waals surface area contributed by atoms with Crippen LogP contribution in [0.5, 0.6) is 0 Å². The molecule has 1 atom stereocenters. The normalized spacial score (nSPS) is 12.7. The first-order valence-corrected chi connectivity index (χ1v) is 6.69. The summed E-state index contributed by atoms with van der Waals surface area (Å²) in [6, 6.07) is 8.19. The average molecular weight is 297 g/mol. The Morgan fingerprint density at radius 3 is 2.88 bits per heavy atom. The van der Waals surface area contributed by atoms with E-state index in [0.717, 1.165) is 21.5 Å². The molecule has 0 fully saturated rings. The van der Waals surface area contributed by atoms with Crippen LogP contribution in [0.25, 0.3) is 0 Å². The van der Waals surface area contributed by atoms with E-state index in [1.807, 2.05) is 13.0 Å². The maximum atomic E-state index is 6.19. The number of thiophene rings is 1. The molecule has 0 spiro atoms. The quantitative estimate of drug-likeness (QED) is 0.942. The number of nitrogens with zero attached hydrogens (tertiary/aromatic N) is 1. The highest BCUT2D eigenvalue weighted by molar-refractivity contribution is 9.11. The Morgan fingerprint density at radius 2 is 2.25 bits per heavy atom. The van der Waals surface area contributed by atoms with Gasteiger partial charge in [-0.1, -0.05) is 6.07 Å². The smallest absolute Gasteiger partial charge is 0.0701 e. The van der Waals surface area contributed by atoms with Crippen LogP contribution >= 0.6 is 27.3 Å². The first-order chi connectivity index (χ1) is 7.66. The van der Waals surface area contributed by atoms with Crippen LogP contribution < -0.4 is 5.73 Å². The van der Waals surface area contributed by atoms with E-state index in [1.165, 1.54) is 4.88 Å². The minimum Gasteiger partial charge on any atom is -0.324 e. The van der Waals surface area contributed by atoms with Gasteiger partial charge in [0.25, 0.3) is 0 Å². The van der Waals surface area contributed by atoms with Crippen molar-refractivity contribution in [2.75, 3.05) is 0 Å². The van der Waals surface area contributed by atoms with E-state index < -0.39 is 0 Å². The molecule has 0 aliphatic carbocycles. The van der Waals surface area contributed by atoms with Crippen molar-refractivity contribution in [1.82, 2.24) is 4.98 Å². The lowest BCUT2D eigenvalue weighted by Gasteiger charge is -2.12. The summed E-state index contributed by atoms with van der Waals surface area (Å²) >= 11 is 5.19. The van der Waals surface area contributed by atoms with Crippen molar-refractivity contribution in [2.24, 2.45) is 5.73 Å². The maximum absolute atomic E-state index is 6.19. The summed E-state index contributed by atoms with van der Waals surface area (Å²) in [4.78, 5) is 5.56. The van der Waals surface area contributed by atoms with Gasteiger partial charge in [0.1, 0.15) is 0 Å². The summed E-state index contributed by atoms with van der Waals surface area (Å²) in [5.74, 6) is 0. The zero-order valence-electron chi connectivity index (χ0n) is 8.98. The molecule has 0 saturated carbocycles. The first-order valence-electron chi connectivity index (χ1n) is 5.08. The van der Waals surface area contributed by atoms with Crippen molar-refractivity contribution in [3.05, 3.63) is 50.4 Å². The fourth-order valence-corrected chi connectivity index (χ4v) is 3.22. The molecule has 2 heterocycles. The van der Waals surface area contributed by atoms with Crippen molar-refractivity contribution in [3.63, 3.8) is 0 Å². The molecule has 0 amide bonds. The number of aromatic nitrogens is 1. The van der Waals surface area contributed by atoms with Crippen molar-refractivity contribution in [3.8, 4) is 0 Å². The summed E-state index contributed by atoms with van der Waals surface area (Å²) in [7, 11) is 0. The van der Waals surface area contributed by atoms with Gasteiger partial charge in [0, 0.05) is 29.2 Å². The van der Waals surface area contributed by atoms with Gasteiger partial charge in [-0.2, -0.15) is 0 Å². The Hall–Kier alpha value is -0.710. The Morgan fingerprint density at radius 1 is 1.44 bits per heavy atom. The molecule has 2 nitrogen and oxygen atoms in total. The monoisotopic (exact) mass is 296 g/mol. The Bertz CT molecular complexity index is 481. The molecule has 16 heavy (non-hydrogen) atoms. The van der Waals surface area contributed by atoms with Gasteiger partial charge in [-0.3, -0.25) is 4.98 Å². The third-order valence-corrected chi connectivity index (χ3v) is 4.14. The zero-order valence-corrected chi connectivity index (χ0v) is 11.4. The minimum atomic E-state index is 0.0271. The largest absolute Gasteiger partial charge is 0.324 e. The van der Waals surface area contributed by atoms with E-state index in [9.17, 15) is 0 Å². The Balaban J connectivity index is 2.14. The third-order valence-electron chi connectivity index (χ3n) is 2.50. The molecular weight excluding hydrogens is 284 g/mol. The number of rotatable bonds is 3. The lowest BCUT2D eigenvalue weighted by molar-refractivity contribution is 0.718. The topological polar surface area (TPSA) is 38.9 Å². The third kappa shape index (κ3) is 2.70. The van der Waals surface area contributed by atoms with Crippen LogP contribution in [0.15, 0.2) is 34.2 Å². The number of hydrogen-bond acceptors (Lipinski definition) is 3. The summed E-state index contributed by atoms with van der Waals surface area (Å²) < 4.78 is 1.15.